The fourth-order valence-corrected chi connectivity index (χ4v) is 1.20. The predicted molar refractivity (Wildman–Crippen MR) is 72.8 cm³/mol. The van der Waals surface area contributed by atoms with E-state index in [1.54, 1.807) is 6.92 Å². The molecule has 2 nitrogen and oxygen atoms in total. The van der Waals surface area contributed by atoms with Crippen molar-refractivity contribution in [2.75, 3.05) is 0 Å². The van der Waals surface area contributed by atoms with Crippen molar-refractivity contribution in [3.05, 3.63) is 29.6 Å². The first kappa shape index (κ1) is 17.1. The highest BCUT2D eigenvalue weighted by atomic mass is 16.1. The van der Waals surface area contributed by atoms with Crippen LogP contribution in [0.1, 0.15) is 59.5 Å². The molecule has 0 aliphatic rings. The Morgan fingerprint density at radius 2 is 1.62 bits per heavy atom. The summed E-state index contributed by atoms with van der Waals surface area (Å²) in [6, 6.07) is 3.73. The van der Waals surface area contributed by atoms with Crippen LogP contribution in [0.4, 0.5) is 0 Å². The van der Waals surface area contributed by atoms with Crippen LogP contribution in [-0.4, -0.2) is 10.4 Å². The van der Waals surface area contributed by atoms with E-state index in [-0.39, 0.29) is 13.2 Å². The first-order valence-electron chi connectivity index (χ1n) is 5.36. The van der Waals surface area contributed by atoms with Gasteiger partial charge in [0.1, 0.15) is 0 Å². The van der Waals surface area contributed by atoms with Gasteiger partial charge in [-0.3, -0.25) is 4.79 Å². The van der Waals surface area contributed by atoms with Gasteiger partial charge in [-0.2, -0.15) is 0 Å². The Labute approximate surface area is 100.0 Å². The number of hydrogen-bond acceptors (Lipinski definition) is 1. The van der Waals surface area contributed by atoms with Crippen molar-refractivity contribution in [3.63, 3.8) is 0 Å². The molecule has 0 aromatic carbocycles. The maximum atomic E-state index is 11.2. The SMILES string of the molecule is C.CC.CC(=O)c1cccn1C(C)=C(C)C. The third-order valence-corrected chi connectivity index (χ3v) is 2.19. The summed E-state index contributed by atoms with van der Waals surface area (Å²) in [6.45, 7) is 11.7. The molecule has 0 saturated heterocycles. The molecule has 16 heavy (non-hydrogen) atoms. The summed E-state index contributed by atoms with van der Waals surface area (Å²) in [7, 11) is 0. The number of rotatable bonds is 2. The second-order valence-corrected chi connectivity index (χ2v) is 3.41. The van der Waals surface area contributed by atoms with Crippen LogP contribution in [-0.2, 0) is 0 Å². The van der Waals surface area contributed by atoms with Gasteiger partial charge in [-0.25, -0.2) is 0 Å². The molecular formula is C14H25NO. The average molecular weight is 223 g/mol. The van der Waals surface area contributed by atoms with Crippen LogP contribution in [0.15, 0.2) is 23.9 Å². The molecule has 1 heterocycles. The molecule has 0 spiro atoms. The quantitative estimate of drug-likeness (QED) is 0.670. The maximum Gasteiger partial charge on any atom is 0.176 e. The largest absolute Gasteiger partial charge is 0.318 e. The highest BCUT2D eigenvalue weighted by Gasteiger charge is 2.06. The number of carbonyl (C=O) groups excluding carboxylic acids is 1. The van der Waals surface area contributed by atoms with E-state index < -0.39 is 0 Å². The van der Waals surface area contributed by atoms with Gasteiger partial charge in [0.15, 0.2) is 5.78 Å². The van der Waals surface area contributed by atoms with E-state index in [1.165, 1.54) is 5.57 Å². The van der Waals surface area contributed by atoms with Gasteiger partial charge >= 0.3 is 0 Å². The van der Waals surface area contributed by atoms with Crippen molar-refractivity contribution in [3.8, 4) is 0 Å². The van der Waals surface area contributed by atoms with Gasteiger partial charge in [0.25, 0.3) is 0 Å². The summed E-state index contributed by atoms with van der Waals surface area (Å²) < 4.78 is 1.93. The van der Waals surface area contributed by atoms with Crippen molar-refractivity contribution in [2.24, 2.45) is 0 Å². The Balaban J connectivity index is 0. The van der Waals surface area contributed by atoms with Crippen LogP contribution in [0.3, 0.4) is 0 Å². The van der Waals surface area contributed by atoms with Gasteiger partial charge in [0, 0.05) is 18.8 Å². The van der Waals surface area contributed by atoms with Crippen LogP contribution in [0.2, 0.25) is 0 Å². The second kappa shape index (κ2) is 7.91. The van der Waals surface area contributed by atoms with Crippen molar-refractivity contribution >= 4 is 11.5 Å². The zero-order valence-corrected chi connectivity index (χ0v) is 10.6. The molecule has 2 heteroatoms. The summed E-state index contributed by atoms with van der Waals surface area (Å²) in [4.78, 5) is 11.2. The predicted octanol–water partition coefficient (Wildman–Crippen LogP) is 4.62. The number of nitrogens with zero attached hydrogens (tertiary/aromatic N) is 1. The summed E-state index contributed by atoms with van der Waals surface area (Å²) in [5.41, 5.74) is 3.09. The lowest BCUT2D eigenvalue weighted by molar-refractivity contribution is 0.101. The summed E-state index contributed by atoms with van der Waals surface area (Å²) >= 11 is 0. The normalized spacial score (nSPS) is 8.38. The van der Waals surface area contributed by atoms with E-state index in [1.807, 2.05) is 57.5 Å². The van der Waals surface area contributed by atoms with E-state index in [4.69, 9.17) is 0 Å². The van der Waals surface area contributed by atoms with Gasteiger partial charge in [-0.1, -0.05) is 26.8 Å². The fraction of sp³-hybridized carbons (Fsp3) is 0.500. The van der Waals surface area contributed by atoms with Crippen molar-refractivity contribution in [2.45, 2.75) is 49.0 Å². The monoisotopic (exact) mass is 223 g/mol. The highest BCUT2D eigenvalue weighted by molar-refractivity contribution is 5.93. The number of hydrogen-bond donors (Lipinski definition) is 0. The Hall–Kier alpha value is -1.31. The van der Waals surface area contributed by atoms with Crippen molar-refractivity contribution in [1.82, 2.24) is 4.57 Å². The Morgan fingerprint density at radius 3 is 2.00 bits per heavy atom. The smallest absolute Gasteiger partial charge is 0.176 e. The van der Waals surface area contributed by atoms with Gasteiger partial charge in [0.05, 0.1) is 5.69 Å². The van der Waals surface area contributed by atoms with Crippen LogP contribution in [0.5, 0.6) is 0 Å². The zero-order valence-electron chi connectivity index (χ0n) is 10.6. The molecule has 0 N–H and O–H groups in total. The molecular weight excluding hydrogens is 198 g/mol. The van der Waals surface area contributed by atoms with Gasteiger partial charge in [0.2, 0.25) is 0 Å². The van der Waals surface area contributed by atoms with Gasteiger partial charge in [-0.15, -0.1) is 0 Å². The van der Waals surface area contributed by atoms with Crippen LogP contribution >= 0.6 is 0 Å². The van der Waals surface area contributed by atoms with E-state index in [0.29, 0.717) is 0 Å². The van der Waals surface area contributed by atoms with Crippen LogP contribution in [0, 0.1) is 0 Å². The molecule has 1 aromatic heterocycles. The van der Waals surface area contributed by atoms with Crippen molar-refractivity contribution < 1.29 is 4.79 Å². The van der Waals surface area contributed by atoms with E-state index in [0.717, 1.165) is 11.4 Å². The molecule has 0 radical (unpaired) electrons. The third kappa shape index (κ3) is 4.05. The van der Waals surface area contributed by atoms with Crippen LogP contribution < -0.4 is 0 Å². The molecule has 0 atom stereocenters. The molecule has 0 unspecified atom stereocenters. The standard InChI is InChI=1S/C11H15NO.C2H6.CH4/c1-8(2)9(3)12-7-5-6-11(12)10(4)13;1-2;/h5-7H,1-4H3;1-2H3;1H4. The minimum absolute atomic E-state index is 0. The topological polar surface area (TPSA) is 22.0 Å². The molecule has 1 rings (SSSR count). The number of Topliss-reactive ketones (excluding diaryl/α,β-unsaturated/α-hetero) is 1. The Bertz CT molecular complexity index is 355. The lowest BCUT2D eigenvalue weighted by atomic mass is 10.2. The minimum atomic E-state index is 0. The number of ketones is 1. The minimum Gasteiger partial charge on any atom is -0.318 e. The molecule has 0 saturated carbocycles. The van der Waals surface area contributed by atoms with E-state index in [2.05, 4.69) is 0 Å². The molecule has 1 aromatic rings. The first-order chi connectivity index (χ1) is 7.04. The molecule has 0 fully saturated rings. The lowest BCUT2D eigenvalue weighted by Gasteiger charge is -2.08. The van der Waals surface area contributed by atoms with E-state index in [9.17, 15) is 4.79 Å². The zero-order chi connectivity index (χ0) is 12.0. The molecule has 0 aliphatic carbocycles. The average Bonchev–Trinajstić information content (AvgIpc) is 2.68. The highest BCUT2D eigenvalue weighted by Crippen LogP contribution is 2.14. The number of carbonyl (C=O) groups is 1. The fourth-order valence-electron chi connectivity index (χ4n) is 1.20. The Kier molecular flexibility index (Phi) is 8.46. The molecule has 0 aliphatic heterocycles. The first-order valence-corrected chi connectivity index (χ1v) is 5.36. The lowest BCUT2D eigenvalue weighted by Crippen LogP contribution is -2.03. The summed E-state index contributed by atoms with van der Waals surface area (Å²) in [6.07, 6.45) is 1.92. The molecule has 0 amide bonds. The number of allylic oxidation sites excluding steroid dienone is 2. The second-order valence-electron chi connectivity index (χ2n) is 3.41. The molecule has 0 bridgehead atoms. The maximum absolute atomic E-state index is 11.2. The number of aromatic nitrogens is 1. The third-order valence-electron chi connectivity index (χ3n) is 2.19. The van der Waals surface area contributed by atoms with E-state index >= 15 is 0 Å². The summed E-state index contributed by atoms with van der Waals surface area (Å²) in [5.74, 6) is 0.102. The van der Waals surface area contributed by atoms with Crippen LogP contribution in [0.25, 0.3) is 5.70 Å². The summed E-state index contributed by atoms with van der Waals surface area (Å²) in [5, 5.41) is 0. The molecule has 92 valence electrons. The Morgan fingerprint density at radius 1 is 1.12 bits per heavy atom. The van der Waals surface area contributed by atoms with Gasteiger partial charge < -0.3 is 4.57 Å². The van der Waals surface area contributed by atoms with Gasteiger partial charge in [-0.05, 0) is 32.9 Å². The van der Waals surface area contributed by atoms with Crippen molar-refractivity contribution in [1.29, 1.82) is 0 Å².